The Hall–Kier alpha value is -3.46. The molecule has 0 bridgehead atoms. The second-order valence-corrected chi connectivity index (χ2v) is 11.0. The van der Waals surface area contributed by atoms with Gasteiger partial charge in [-0.3, -0.25) is 4.79 Å². The lowest BCUT2D eigenvalue weighted by Crippen LogP contribution is -2.17. The first-order chi connectivity index (χ1) is 18.4. The van der Waals surface area contributed by atoms with Crippen LogP contribution in [0.1, 0.15) is 15.9 Å². The number of carbonyl (C=O) groups is 1. The molecule has 5 nitrogen and oxygen atoms in total. The second kappa shape index (κ2) is 11.5. The van der Waals surface area contributed by atoms with Crippen LogP contribution < -0.4 is 5.43 Å². The van der Waals surface area contributed by atoms with Gasteiger partial charge in [0.15, 0.2) is 0 Å². The van der Waals surface area contributed by atoms with E-state index in [1.54, 1.807) is 6.21 Å². The third kappa shape index (κ3) is 5.53. The number of hydrazone groups is 1. The third-order valence-electron chi connectivity index (χ3n) is 5.88. The van der Waals surface area contributed by atoms with Crippen LogP contribution in [-0.2, 0) is 0 Å². The van der Waals surface area contributed by atoms with Gasteiger partial charge < -0.3 is 9.67 Å². The Balaban J connectivity index is 1.61. The minimum Gasteiger partial charge on any atom is -0.506 e. The summed E-state index contributed by atoms with van der Waals surface area (Å²) in [5.41, 5.74) is 8.79. The minimum atomic E-state index is -0.403. The van der Waals surface area contributed by atoms with Crippen molar-refractivity contribution in [3.8, 4) is 34.0 Å². The average molecular weight is 694 g/mol. The molecule has 1 aromatic heterocycles. The Bertz CT molecular complexity index is 1610. The summed E-state index contributed by atoms with van der Waals surface area (Å²) in [5, 5.41) is 14.3. The molecule has 0 aliphatic heterocycles. The SMILES string of the molecule is O=C(N/N=C/c1cc(-c2ccccc2)n(-c2ccc(Br)cc2)c1-c1ccccc1)c1cc(Br)c(O)c(Br)c1. The molecule has 1 amide bonds. The second-order valence-electron chi connectivity index (χ2n) is 8.37. The standard InChI is InChI=1S/C30H20Br3N3O2/c31-23-11-13-24(14-12-23)36-27(19-7-3-1-4-8-19)17-22(28(36)20-9-5-2-6-10-20)18-34-35-30(38)21-15-25(32)29(37)26(33)16-21/h1-18,37H,(H,35,38)/b34-18+. The van der Waals surface area contributed by atoms with Crippen molar-refractivity contribution >= 4 is 59.9 Å². The lowest BCUT2D eigenvalue weighted by molar-refractivity contribution is 0.0955. The number of halogens is 3. The van der Waals surface area contributed by atoms with Crippen LogP contribution in [0, 0.1) is 0 Å². The number of hydrogen-bond donors (Lipinski definition) is 2. The first-order valence-electron chi connectivity index (χ1n) is 11.6. The highest BCUT2D eigenvalue weighted by atomic mass is 79.9. The number of nitrogens with one attached hydrogen (secondary N) is 1. The summed E-state index contributed by atoms with van der Waals surface area (Å²) < 4.78 is 4.01. The largest absolute Gasteiger partial charge is 0.506 e. The highest BCUT2D eigenvalue weighted by Crippen LogP contribution is 2.36. The third-order valence-corrected chi connectivity index (χ3v) is 7.62. The number of rotatable bonds is 6. The normalized spacial score (nSPS) is 11.1. The lowest BCUT2D eigenvalue weighted by Gasteiger charge is -2.15. The molecule has 188 valence electrons. The molecule has 0 fully saturated rings. The first kappa shape index (κ1) is 26.2. The van der Waals surface area contributed by atoms with Gasteiger partial charge in [0.1, 0.15) is 5.75 Å². The van der Waals surface area contributed by atoms with Gasteiger partial charge in [0, 0.05) is 21.3 Å². The van der Waals surface area contributed by atoms with Crippen LogP contribution in [0.4, 0.5) is 0 Å². The van der Waals surface area contributed by atoms with Gasteiger partial charge in [-0.15, -0.1) is 0 Å². The Morgan fingerprint density at radius 1 is 0.789 bits per heavy atom. The van der Waals surface area contributed by atoms with Crippen molar-refractivity contribution in [3.63, 3.8) is 0 Å². The Kier molecular flexibility index (Phi) is 7.93. The van der Waals surface area contributed by atoms with E-state index in [0.717, 1.165) is 38.2 Å². The quantitative estimate of drug-likeness (QED) is 0.138. The predicted octanol–water partition coefficient (Wildman–Crippen LogP) is 8.57. The fraction of sp³-hybridized carbons (Fsp3) is 0. The molecule has 0 atom stereocenters. The molecule has 0 aliphatic rings. The number of phenols is 1. The number of aromatic nitrogens is 1. The first-order valence-corrected chi connectivity index (χ1v) is 13.9. The molecule has 8 heteroatoms. The monoisotopic (exact) mass is 691 g/mol. The number of carbonyl (C=O) groups excluding carboxylic acids is 1. The zero-order chi connectivity index (χ0) is 26.6. The van der Waals surface area contributed by atoms with E-state index in [9.17, 15) is 9.90 Å². The van der Waals surface area contributed by atoms with Crippen molar-refractivity contribution in [2.75, 3.05) is 0 Å². The molecule has 0 unspecified atom stereocenters. The van der Waals surface area contributed by atoms with Crippen molar-refractivity contribution in [3.05, 3.63) is 128 Å². The fourth-order valence-electron chi connectivity index (χ4n) is 4.12. The molecule has 0 aliphatic carbocycles. The molecule has 2 N–H and O–H groups in total. The van der Waals surface area contributed by atoms with Gasteiger partial charge in [0.25, 0.3) is 5.91 Å². The van der Waals surface area contributed by atoms with Crippen LogP contribution >= 0.6 is 47.8 Å². The zero-order valence-electron chi connectivity index (χ0n) is 19.8. The predicted molar refractivity (Wildman–Crippen MR) is 163 cm³/mol. The van der Waals surface area contributed by atoms with E-state index in [1.165, 1.54) is 12.1 Å². The van der Waals surface area contributed by atoms with Crippen molar-refractivity contribution in [2.45, 2.75) is 0 Å². The number of phenolic OH excluding ortho intramolecular Hbond substituents is 1. The number of benzene rings is 4. The molecule has 0 spiro atoms. The number of aromatic hydroxyl groups is 1. The van der Waals surface area contributed by atoms with Crippen LogP contribution in [-0.4, -0.2) is 21.8 Å². The van der Waals surface area contributed by atoms with Gasteiger partial charge in [-0.05, 0) is 85.5 Å². The van der Waals surface area contributed by atoms with Crippen LogP contribution in [0.25, 0.3) is 28.2 Å². The van der Waals surface area contributed by atoms with Crippen molar-refractivity contribution in [2.24, 2.45) is 5.10 Å². The van der Waals surface area contributed by atoms with Gasteiger partial charge in [-0.2, -0.15) is 5.10 Å². The summed E-state index contributed by atoms with van der Waals surface area (Å²) >= 11 is 10.1. The van der Waals surface area contributed by atoms with Crippen LogP contribution in [0.2, 0.25) is 0 Å². The van der Waals surface area contributed by atoms with E-state index in [0.29, 0.717) is 14.5 Å². The van der Waals surface area contributed by atoms with E-state index in [-0.39, 0.29) is 5.75 Å². The minimum absolute atomic E-state index is 0.0280. The molecule has 1 heterocycles. The van der Waals surface area contributed by atoms with E-state index in [4.69, 9.17) is 0 Å². The van der Waals surface area contributed by atoms with Gasteiger partial charge in [0.2, 0.25) is 0 Å². The number of nitrogens with zero attached hydrogens (tertiary/aromatic N) is 2. The maximum Gasteiger partial charge on any atom is 0.271 e. The van der Waals surface area contributed by atoms with Gasteiger partial charge in [-0.1, -0.05) is 76.6 Å². The highest BCUT2D eigenvalue weighted by molar-refractivity contribution is 9.11. The van der Waals surface area contributed by atoms with Crippen LogP contribution in [0.15, 0.2) is 122 Å². The molecular formula is C30H20Br3N3O2. The van der Waals surface area contributed by atoms with Crippen LogP contribution in [0.3, 0.4) is 0 Å². The zero-order valence-corrected chi connectivity index (χ0v) is 24.5. The lowest BCUT2D eigenvalue weighted by atomic mass is 10.1. The number of amides is 1. The summed E-state index contributed by atoms with van der Waals surface area (Å²) in [6.45, 7) is 0. The average Bonchev–Trinajstić information content (AvgIpc) is 3.32. The molecule has 5 aromatic rings. The summed E-state index contributed by atoms with van der Waals surface area (Å²) in [7, 11) is 0. The van der Waals surface area contributed by atoms with E-state index >= 15 is 0 Å². The Labute approximate surface area is 245 Å². The number of hydrogen-bond acceptors (Lipinski definition) is 3. The summed E-state index contributed by atoms with van der Waals surface area (Å²) in [5.74, 6) is -0.375. The molecule has 0 radical (unpaired) electrons. The summed E-state index contributed by atoms with van der Waals surface area (Å²) in [4.78, 5) is 12.8. The molecule has 0 saturated heterocycles. The molecule has 0 saturated carbocycles. The molecule has 5 rings (SSSR count). The molecule has 38 heavy (non-hydrogen) atoms. The smallest absolute Gasteiger partial charge is 0.271 e. The van der Waals surface area contributed by atoms with Gasteiger partial charge in [-0.25, -0.2) is 5.43 Å². The van der Waals surface area contributed by atoms with E-state index in [2.05, 4.69) is 105 Å². The maximum absolute atomic E-state index is 12.8. The van der Waals surface area contributed by atoms with E-state index in [1.807, 2.05) is 48.5 Å². The van der Waals surface area contributed by atoms with Gasteiger partial charge >= 0.3 is 0 Å². The Morgan fingerprint density at radius 2 is 1.37 bits per heavy atom. The summed E-state index contributed by atoms with van der Waals surface area (Å²) in [6.07, 6.45) is 1.66. The Morgan fingerprint density at radius 3 is 1.97 bits per heavy atom. The fourth-order valence-corrected chi connectivity index (χ4v) is 5.57. The molecular weight excluding hydrogens is 674 g/mol. The topological polar surface area (TPSA) is 66.6 Å². The van der Waals surface area contributed by atoms with Crippen molar-refractivity contribution < 1.29 is 9.90 Å². The van der Waals surface area contributed by atoms with Crippen molar-refractivity contribution in [1.29, 1.82) is 0 Å². The van der Waals surface area contributed by atoms with Crippen LogP contribution in [0.5, 0.6) is 5.75 Å². The van der Waals surface area contributed by atoms with Crippen molar-refractivity contribution in [1.82, 2.24) is 9.99 Å². The maximum atomic E-state index is 12.8. The summed E-state index contributed by atoms with van der Waals surface area (Å²) in [6, 6.07) is 33.6. The molecule has 4 aromatic carbocycles. The highest BCUT2D eigenvalue weighted by Gasteiger charge is 2.19. The van der Waals surface area contributed by atoms with E-state index < -0.39 is 5.91 Å². The van der Waals surface area contributed by atoms with Gasteiger partial charge in [0.05, 0.1) is 26.5 Å².